The Morgan fingerprint density at radius 1 is 0.377 bits per heavy atom. The van der Waals surface area contributed by atoms with Crippen molar-refractivity contribution in [2.45, 2.75) is 283 Å². The molecule has 0 aliphatic carbocycles. The molecule has 0 aromatic carbocycles. The van der Waals surface area contributed by atoms with Gasteiger partial charge in [-0.25, -0.2) is 0 Å². The normalized spacial score (nSPS) is 12.5. The summed E-state index contributed by atoms with van der Waals surface area (Å²) in [5.41, 5.74) is 0. The molecule has 0 radical (unpaired) electrons. The summed E-state index contributed by atoms with van der Waals surface area (Å²) in [6, 6.07) is 0. The third-order valence-corrected chi connectivity index (χ3v) is 11.8. The lowest BCUT2D eigenvalue weighted by atomic mass is 10.0. The molecule has 0 saturated carbocycles. The molecule has 61 heavy (non-hydrogen) atoms. The quantitative estimate of drug-likeness (QED) is 0.0375. The van der Waals surface area contributed by atoms with E-state index in [1.54, 1.807) is 0 Å². The van der Waals surface area contributed by atoms with E-state index in [9.17, 15) is 14.7 Å². The summed E-state index contributed by atoms with van der Waals surface area (Å²) in [5, 5.41) is 9.61. The lowest BCUT2D eigenvalue weighted by Crippen LogP contribution is -2.28. The van der Waals surface area contributed by atoms with Gasteiger partial charge in [0.05, 0.1) is 6.61 Å². The maximum atomic E-state index is 12.3. The van der Waals surface area contributed by atoms with Crippen molar-refractivity contribution in [2.75, 3.05) is 13.2 Å². The van der Waals surface area contributed by atoms with Gasteiger partial charge in [0.2, 0.25) is 0 Å². The molecule has 0 saturated heterocycles. The number of rotatable bonds is 49. The van der Waals surface area contributed by atoms with Crippen molar-refractivity contribution in [3.63, 3.8) is 0 Å². The first-order valence-corrected chi connectivity index (χ1v) is 26.7. The van der Waals surface area contributed by atoms with Crippen LogP contribution in [0.3, 0.4) is 0 Å². The maximum Gasteiger partial charge on any atom is 0.306 e. The van der Waals surface area contributed by atoms with E-state index in [2.05, 4.69) is 62.5 Å². The Labute approximate surface area is 379 Å². The number of esters is 2. The second-order valence-electron chi connectivity index (χ2n) is 17.9. The molecule has 0 aromatic rings. The average molecular weight is 855 g/mol. The van der Waals surface area contributed by atoms with Crippen LogP contribution in [0.4, 0.5) is 0 Å². The van der Waals surface area contributed by atoms with Crippen molar-refractivity contribution in [1.29, 1.82) is 0 Å². The van der Waals surface area contributed by atoms with Crippen LogP contribution in [0.2, 0.25) is 0 Å². The highest BCUT2D eigenvalue weighted by Gasteiger charge is 2.16. The van der Waals surface area contributed by atoms with Crippen molar-refractivity contribution in [2.24, 2.45) is 0 Å². The number of hydrogen-bond acceptors (Lipinski definition) is 5. The zero-order chi connectivity index (χ0) is 44.2. The summed E-state index contributed by atoms with van der Waals surface area (Å²) in [6.45, 7) is 4.13. The van der Waals surface area contributed by atoms with Gasteiger partial charge in [-0.3, -0.25) is 9.59 Å². The molecular weight excluding hydrogens is 753 g/mol. The first-order valence-electron chi connectivity index (χ1n) is 26.7. The van der Waals surface area contributed by atoms with Crippen LogP contribution in [0, 0.1) is 0 Å². The molecule has 1 N–H and O–H groups in total. The van der Waals surface area contributed by atoms with E-state index >= 15 is 0 Å². The Morgan fingerprint density at radius 3 is 1.00 bits per heavy atom. The number of aliphatic hydroxyl groups is 1. The Hall–Kier alpha value is -2.14. The molecule has 1 unspecified atom stereocenters. The number of unbranched alkanes of at least 4 members (excludes halogenated alkanes) is 33. The minimum absolute atomic E-state index is 0.0676. The van der Waals surface area contributed by atoms with E-state index in [-0.39, 0.29) is 25.2 Å². The zero-order valence-corrected chi connectivity index (χ0v) is 40.7. The van der Waals surface area contributed by atoms with Crippen molar-refractivity contribution in [1.82, 2.24) is 0 Å². The SMILES string of the molecule is CCCCCCC/C=C\C/C=C\C/C=C\CCCCCCCCCCCCCCCCCCCCC(=O)OC(CO)COC(=O)CCCCCCC/C=C\CCCCCCC. The second kappa shape index (κ2) is 52.2. The van der Waals surface area contributed by atoms with Crippen molar-refractivity contribution < 1.29 is 24.2 Å². The highest BCUT2D eigenvalue weighted by molar-refractivity contribution is 5.70. The molecule has 0 aliphatic heterocycles. The van der Waals surface area contributed by atoms with Crippen molar-refractivity contribution in [3.8, 4) is 0 Å². The van der Waals surface area contributed by atoms with Crippen molar-refractivity contribution in [3.05, 3.63) is 48.6 Å². The van der Waals surface area contributed by atoms with Crippen LogP contribution < -0.4 is 0 Å². The molecule has 0 aromatic heterocycles. The van der Waals surface area contributed by atoms with E-state index < -0.39 is 6.10 Å². The summed E-state index contributed by atoms with van der Waals surface area (Å²) in [6.07, 6.45) is 68.0. The fourth-order valence-electron chi connectivity index (χ4n) is 7.79. The molecule has 0 rings (SSSR count). The Morgan fingerprint density at radius 2 is 0.656 bits per heavy atom. The fraction of sp³-hybridized carbons (Fsp3) is 0.821. The largest absolute Gasteiger partial charge is 0.462 e. The molecule has 0 amide bonds. The molecule has 1 atom stereocenters. The molecular formula is C56H102O5. The van der Waals surface area contributed by atoms with E-state index in [0.717, 1.165) is 57.8 Å². The number of allylic oxidation sites excluding steroid dienone is 8. The summed E-state index contributed by atoms with van der Waals surface area (Å²) in [4.78, 5) is 24.4. The molecule has 356 valence electrons. The van der Waals surface area contributed by atoms with Crippen LogP contribution >= 0.6 is 0 Å². The molecule has 0 spiro atoms. The predicted molar refractivity (Wildman–Crippen MR) is 265 cm³/mol. The third-order valence-electron chi connectivity index (χ3n) is 11.8. The summed E-state index contributed by atoms with van der Waals surface area (Å²) in [7, 11) is 0. The standard InChI is InChI=1S/C56H102O5/c1-3-5-7-9-11-13-15-17-19-20-21-22-23-24-25-26-27-28-29-30-31-32-33-34-35-36-37-39-41-43-45-47-49-51-56(59)61-54(52-57)53-60-55(58)50-48-46-44-42-40-38-18-16-14-12-10-8-6-4-2/h15-18,20-21,23-24,54,57H,3-14,19,22,25-53H2,1-2H3/b17-15-,18-16-,21-20-,24-23-. The smallest absolute Gasteiger partial charge is 0.306 e. The molecule has 0 heterocycles. The topological polar surface area (TPSA) is 72.8 Å². The Balaban J connectivity index is 3.44. The van der Waals surface area contributed by atoms with Gasteiger partial charge in [-0.1, -0.05) is 236 Å². The van der Waals surface area contributed by atoms with Crippen LogP contribution in [0.5, 0.6) is 0 Å². The van der Waals surface area contributed by atoms with E-state index in [0.29, 0.717) is 12.8 Å². The molecule has 5 heteroatoms. The summed E-state index contributed by atoms with van der Waals surface area (Å²) < 4.78 is 10.7. The van der Waals surface area contributed by atoms with Crippen LogP contribution in [-0.2, 0) is 19.1 Å². The Kier molecular flexibility index (Phi) is 50.4. The van der Waals surface area contributed by atoms with Gasteiger partial charge in [-0.05, 0) is 77.0 Å². The molecule has 0 bridgehead atoms. The monoisotopic (exact) mass is 855 g/mol. The van der Waals surface area contributed by atoms with Gasteiger partial charge in [-0.2, -0.15) is 0 Å². The van der Waals surface area contributed by atoms with E-state index in [1.165, 1.54) is 193 Å². The van der Waals surface area contributed by atoms with Gasteiger partial charge in [0.15, 0.2) is 6.10 Å². The van der Waals surface area contributed by atoms with Crippen LogP contribution in [0.1, 0.15) is 277 Å². The van der Waals surface area contributed by atoms with Gasteiger partial charge in [0.1, 0.15) is 6.61 Å². The summed E-state index contributed by atoms with van der Waals surface area (Å²) in [5.74, 6) is -0.591. The number of carbonyl (C=O) groups excluding carboxylic acids is 2. The zero-order valence-electron chi connectivity index (χ0n) is 40.7. The predicted octanol–water partition coefficient (Wildman–Crippen LogP) is 17.7. The van der Waals surface area contributed by atoms with Crippen molar-refractivity contribution >= 4 is 11.9 Å². The van der Waals surface area contributed by atoms with Gasteiger partial charge in [0, 0.05) is 12.8 Å². The lowest BCUT2D eigenvalue weighted by molar-refractivity contribution is -0.161. The number of aliphatic hydroxyl groups excluding tert-OH is 1. The van der Waals surface area contributed by atoms with Crippen LogP contribution in [0.15, 0.2) is 48.6 Å². The number of hydrogen-bond donors (Lipinski definition) is 1. The lowest BCUT2D eigenvalue weighted by Gasteiger charge is -2.15. The van der Waals surface area contributed by atoms with Crippen LogP contribution in [-0.4, -0.2) is 36.4 Å². The van der Waals surface area contributed by atoms with Crippen LogP contribution in [0.25, 0.3) is 0 Å². The van der Waals surface area contributed by atoms with Gasteiger partial charge in [0.25, 0.3) is 0 Å². The third kappa shape index (κ3) is 50.4. The molecule has 0 fully saturated rings. The first-order chi connectivity index (χ1) is 30.1. The highest BCUT2D eigenvalue weighted by Crippen LogP contribution is 2.16. The highest BCUT2D eigenvalue weighted by atomic mass is 16.6. The number of ether oxygens (including phenoxy) is 2. The maximum absolute atomic E-state index is 12.3. The average Bonchev–Trinajstić information content (AvgIpc) is 3.26. The summed E-state index contributed by atoms with van der Waals surface area (Å²) >= 11 is 0. The molecule has 5 nitrogen and oxygen atoms in total. The minimum Gasteiger partial charge on any atom is -0.462 e. The number of carbonyl (C=O) groups is 2. The van der Waals surface area contributed by atoms with Gasteiger partial charge in [-0.15, -0.1) is 0 Å². The second-order valence-corrected chi connectivity index (χ2v) is 17.9. The van der Waals surface area contributed by atoms with Gasteiger partial charge < -0.3 is 14.6 Å². The van der Waals surface area contributed by atoms with E-state index in [4.69, 9.17) is 9.47 Å². The minimum atomic E-state index is -0.773. The Bertz CT molecular complexity index is 1010. The molecule has 0 aliphatic rings. The van der Waals surface area contributed by atoms with E-state index in [1.807, 2.05) is 0 Å². The first kappa shape index (κ1) is 58.9. The van der Waals surface area contributed by atoms with Gasteiger partial charge >= 0.3 is 11.9 Å². The fourth-order valence-corrected chi connectivity index (χ4v) is 7.79.